The number of carbonyl (C=O) groups excluding carboxylic acids is 2. The topological polar surface area (TPSA) is 77.5 Å². The first-order chi connectivity index (χ1) is 8.70. The molecule has 2 rings (SSSR count). The highest BCUT2D eigenvalue weighted by Gasteiger charge is 2.32. The van der Waals surface area contributed by atoms with Crippen molar-refractivity contribution in [2.75, 3.05) is 13.7 Å². The lowest BCUT2D eigenvalue weighted by Crippen LogP contribution is -2.31. The number of ether oxygens (including phenoxy) is 2. The van der Waals surface area contributed by atoms with E-state index in [1.165, 1.54) is 19.5 Å². The number of nitrogens with one attached hydrogen (secondary N) is 1. The first-order valence-electron chi connectivity index (χ1n) is 5.63. The second-order valence-corrected chi connectivity index (χ2v) is 3.98. The zero-order valence-corrected chi connectivity index (χ0v) is 9.96. The number of aromatic nitrogens is 1. The summed E-state index contributed by atoms with van der Waals surface area (Å²) in [6.07, 6.45) is 3.18. The molecule has 0 radical (unpaired) electrons. The molecule has 0 aromatic carbocycles. The normalized spacial score (nSPS) is 22.5. The molecule has 1 saturated heterocycles. The number of carbonyl (C=O) groups is 2. The number of methoxy groups -OCH3 is 1. The van der Waals surface area contributed by atoms with Crippen molar-refractivity contribution in [3.63, 3.8) is 0 Å². The molecule has 0 bridgehead atoms. The molecule has 1 aromatic heterocycles. The lowest BCUT2D eigenvalue weighted by Gasteiger charge is -2.10. The minimum absolute atomic E-state index is 0.310. The largest absolute Gasteiger partial charge is 0.468 e. The summed E-state index contributed by atoms with van der Waals surface area (Å²) in [5, 5.41) is 2.95. The van der Waals surface area contributed by atoms with Gasteiger partial charge in [0.25, 0.3) is 0 Å². The molecule has 2 atom stereocenters. The summed E-state index contributed by atoms with van der Waals surface area (Å²) in [6, 6.07) is 2.77. The smallest absolute Gasteiger partial charge is 0.338 e. The minimum atomic E-state index is -0.408. The van der Waals surface area contributed by atoms with Crippen LogP contribution in [0.25, 0.3) is 0 Å². The molecule has 0 spiro atoms. The van der Waals surface area contributed by atoms with Gasteiger partial charge in [-0.1, -0.05) is 0 Å². The molecule has 0 saturated carbocycles. The van der Waals surface area contributed by atoms with E-state index in [-0.39, 0.29) is 12.1 Å². The highest BCUT2D eigenvalue weighted by Crippen LogP contribution is 2.13. The van der Waals surface area contributed by atoms with Crippen LogP contribution in [-0.4, -0.2) is 42.7 Å². The van der Waals surface area contributed by atoms with Crippen molar-refractivity contribution in [1.82, 2.24) is 10.3 Å². The van der Waals surface area contributed by atoms with E-state index in [1.807, 2.05) is 0 Å². The van der Waals surface area contributed by atoms with E-state index in [0.29, 0.717) is 18.5 Å². The third-order valence-corrected chi connectivity index (χ3v) is 2.77. The molecule has 6 heteroatoms. The number of hydrogen-bond acceptors (Lipinski definition) is 6. The van der Waals surface area contributed by atoms with Crippen LogP contribution >= 0.6 is 0 Å². The van der Waals surface area contributed by atoms with Crippen molar-refractivity contribution in [2.24, 2.45) is 0 Å². The van der Waals surface area contributed by atoms with Crippen LogP contribution in [0.5, 0.6) is 0 Å². The number of pyridine rings is 1. The third kappa shape index (κ3) is 2.84. The fraction of sp³-hybridized carbons (Fsp3) is 0.417. The molecule has 6 nitrogen and oxygen atoms in total. The molecule has 1 N–H and O–H groups in total. The van der Waals surface area contributed by atoms with Crippen molar-refractivity contribution in [1.29, 1.82) is 0 Å². The summed E-state index contributed by atoms with van der Waals surface area (Å²) in [5.74, 6) is -0.743. The molecule has 1 aromatic rings. The van der Waals surface area contributed by atoms with Gasteiger partial charge in [0.15, 0.2) is 0 Å². The summed E-state index contributed by atoms with van der Waals surface area (Å²) in [6.45, 7) is 0.455. The van der Waals surface area contributed by atoms with Gasteiger partial charge in [0.2, 0.25) is 0 Å². The second kappa shape index (κ2) is 5.59. The molecule has 1 aliphatic heterocycles. The van der Waals surface area contributed by atoms with E-state index in [9.17, 15) is 9.59 Å². The van der Waals surface area contributed by atoms with E-state index in [0.717, 1.165) is 0 Å². The molecule has 0 aliphatic carbocycles. The number of hydrogen-bond donors (Lipinski definition) is 1. The summed E-state index contributed by atoms with van der Waals surface area (Å²) >= 11 is 0. The van der Waals surface area contributed by atoms with Gasteiger partial charge in [-0.25, -0.2) is 4.79 Å². The number of nitrogens with zero attached hydrogens (tertiary/aromatic N) is 1. The van der Waals surface area contributed by atoms with Gasteiger partial charge in [-0.15, -0.1) is 0 Å². The van der Waals surface area contributed by atoms with Gasteiger partial charge in [-0.2, -0.15) is 0 Å². The van der Waals surface area contributed by atoms with Gasteiger partial charge in [0.1, 0.15) is 12.1 Å². The summed E-state index contributed by atoms with van der Waals surface area (Å²) < 4.78 is 9.91. The van der Waals surface area contributed by atoms with Crippen LogP contribution in [-0.2, 0) is 14.3 Å². The fourth-order valence-corrected chi connectivity index (χ4v) is 1.82. The summed E-state index contributed by atoms with van der Waals surface area (Å²) in [4.78, 5) is 26.9. The first-order valence-corrected chi connectivity index (χ1v) is 5.63. The molecule has 1 aliphatic rings. The van der Waals surface area contributed by atoms with Gasteiger partial charge in [-0.3, -0.25) is 9.78 Å². The quantitative estimate of drug-likeness (QED) is 0.769. The van der Waals surface area contributed by atoms with Crippen LogP contribution in [0.15, 0.2) is 24.5 Å². The molecule has 96 valence electrons. The van der Waals surface area contributed by atoms with Gasteiger partial charge in [0.05, 0.1) is 12.7 Å². The highest BCUT2D eigenvalue weighted by atomic mass is 16.5. The van der Waals surface area contributed by atoms with Gasteiger partial charge < -0.3 is 14.8 Å². The van der Waals surface area contributed by atoms with Crippen molar-refractivity contribution >= 4 is 11.9 Å². The summed E-state index contributed by atoms with van der Waals surface area (Å²) in [7, 11) is 1.33. The van der Waals surface area contributed by atoms with E-state index >= 15 is 0 Å². The molecule has 1 fully saturated rings. The average molecular weight is 250 g/mol. The Morgan fingerprint density at radius 3 is 2.78 bits per heavy atom. The van der Waals surface area contributed by atoms with Gasteiger partial charge in [0, 0.05) is 25.4 Å². The Bertz CT molecular complexity index is 435. The van der Waals surface area contributed by atoms with E-state index in [2.05, 4.69) is 15.0 Å². The van der Waals surface area contributed by atoms with Gasteiger partial charge >= 0.3 is 11.9 Å². The van der Waals surface area contributed by atoms with Crippen molar-refractivity contribution in [3.05, 3.63) is 30.1 Å². The first kappa shape index (κ1) is 12.5. The Hall–Kier alpha value is -1.95. The predicted molar refractivity (Wildman–Crippen MR) is 61.9 cm³/mol. The standard InChI is InChI=1S/C12H14N2O4/c1-17-12(16)10-6-9(7-14-10)18-11(15)8-2-4-13-5-3-8/h2-5,9-10,14H,6-7H2,1H3/t9-,10-/m0/s1. The van der Waals surface area contributed by atoms with Crippen molar-refractivity contribution < 1.29 is 19.1 Å². The van der Waals surface area contributed by atoms with Crippen LogP contribution in [0.3, 0.4) is 0 Å². The maximum absolute atomic E-state index is 11.8. The summed E-state index contributed by atoms with van der Waals surface area (Å²) in [5.41, 5.74) is 0.450. The second-order valence-electron chi connectivity index (χ2n) is 3.98. The van der Waals surface area contributed by atoms with Crippen LogP contribution < -0.4 is 5.32 Å². The Morgan fingerprint density at radius 2 is 2.11 bits per heavy atom. The van der Waals surface area contributed by atoms with Crippen LogP contribution in [0.1, 0.15) is 16.8 Å². The van der Waals surface area contributed by atoms with E-state index in [4.69, 9.17) is 4.74 Å². The predicted octanol–water partition coefficient (Wildman–Crippen LogP) is 0.142. The van der Waals surface area contributed by atoms with Crippen LogP contribution in [0, 0.1) is 0 Å². The Balaban J connectivity index is 1.89. The number of esters is 2. The molecular formula is C12H14N2O4. The molecule has 0 unspecified atom stereocenters. The van der Waals surface area contributed by atoms with Crippen molar-refractivity contribution in [3.8, 4) is 0 Å². The Kier molecular flexibility index (Phi) is 3.88. The Morgan fingerprint density at radius 1 is 1.39 bits per heavy atom. The molecule has 0 amide bonds. The average Bonchev–Trinajstić information content (AvgIpc) is 2.87. The lowest BCUT2D eigenvalue weighted by atomic mass is 10.2. The third-order valence-electron chi connectivity index (χ3n) is 2.77. The number of rotatable bonds is 3. The Labute approximate surface area is 104 Å². The maximum Gasteiger partial charge on any atom is 0.338 e. The molecule has 2 heterocycles. The van der Waals surface area contributed by atoms with Crippen LogP contribution in [0.2, 0.25) is 0 Å². The zero-order valence-electron chi connectivity index (χ0n) is 9.96. The lowest BCUT2D eigenvalue weighted by molar-refractivity contribution is -0.142. The maximum atomic E-state index is 11.8. The van der Waals surface area contributed by atoms with E-state index < -0.39 is 12.0 Å². The van der Waals surface area contributed by atoms with Crippen LogP contribution in [0.4, 0.5) is 0 Å². The minimum Gasteiger partial charge on any atom is -0.468 e. The van der Waals surface area contributed by atoms with Crippen molar-refractivity contribution in [2.45, 2.75) is 18.6 Å². The SMILES string of the molecule is COC(=O)[C@@H]1C[C@H](OC(=O)c2ccncc2)CN1. The highest BCUT2D eigenvalue weighted by molar-refractivity contribution is 5.89. The molecule has 18 heavy (non-hydrogen) atoms. The molecular weight excluding hydrogens is 236 g/mol. The van der Waals surface area contributed by atoms with E-state index in [1.54, 1.807) is 12.1 Å². The fourth-order valence-electron chi connectivity index (χ4n) is 1.82. The zero-order chi connectivity index (χ0) is 13.0. The van der Waals surface area contributed by atoms with Gasteiger partial charge in [-0.05, 0) is 12.1 Å². The monoisotopic (exact) mass is 250 g/mol.